The molecule has 2 atom stereocenters. The number of fused-ring (bicyclic) bond motifs is 3. The molecule has 0 aromatic heterocycles. The molecule has 5 rings (SSSR count). The van der Waals surface area contributed by atoms with Crippen LogP contribution in [0.1, 0.15) is 117 Å². The third-order valence-corrected chi connectivity index (χ3v) is 9.33. The van der Waals surface area contributed by atoms with Gasteiger partial charge in [-0.1, -0.05) is 130 Å². The molecule has 2 unspecified atom stereocenters. The summed E-state index contributed by atoms with van der Waals surface area (Å²) in [5.74, 6) is 1.05. The van der Waals surface area contributed by atoms with Crippen LogP contribution in [0.4, 0.5) is 0 Å². The predicted octanol–water partition coefficient (Wildman–Crippen LogP) is 4.12. The van der Waals surface area contributed by atoms with Crippen LogP contribution < -0.4 is 24.8 Å². The fraction of sp³-hybridized carbons (Fsp3) is 0.543. The molecule has 0 spiro atoms. The minimum atomic E-state index is 0. The summed E-state index contributed by atoms with van der Waals surface area (Å²) in [7, 11) is 0. The topological polar surface area (TPSA) is 0 Å². The number of hydrogen-bond donors (Lipinski definition) is 0. The first kappa shape index (κ1) is 33.6. The van der Waals surface area contributed by atoms with Crippen molar-refractivity contribution in [1.29, 1.82) is 0 Å². The number of benzene rings is 2. The summed E-state index contributed by atoms with van der Waals surface area (Å²) in [6.45, 7) is 26.3. The zero-order valence-electron chi connectivity index (χ0n) is 25.4. The van der Waals surface area contributed by atoms with Crippen LogP contribution in [-0.2, 0) is 37.0 Å². The first-order valence-corrected chi connectivity index (χ1v) is 13.8. The van der Waals surface area contributed by atoms with Crippen LogP contribution in [0.2, 0.25) is 0 Å². The first-order chi connectivity index (χ1) is 16.0. The van der Waals surface area contributed by atoms with Crippen LogP contribution in [0.5, 0.6) is 0 Å². The maximum Gasteiger partial charge on any atom is 2.00 e. The summed E-state index contributed by atoms with van der Waals surface area (Å²) in [6.07, 6.45) is 5.04. The Bertz CT molecular complexity index is 1210. The van der Waals surface area contributed by atoms with Gasteiger partial charge in [-0.15, -0.1) is 0 Å². The molecule has 0 fully saturated rings. The van der Waals surface area contributed by atoms with Gasteiger partial charge in [-0.3, -0.25) is 0 Å². The Morgan fingerprint density at radius 3 is 1.55 bits per heavy atom. The molecule has 204 valence electrons. The van der Waals surface area contributed by atoms with Crippen molar-refractivity contribution >= 4 is 0 Å². The molecular formula is C35H46Cl2Zr. The van der Waals surface area contributed by atoms with Crippen molar-refractivity contribution < 1.29 is 51.0 Å². The van der Waals surface area contributed by atoms with Crippen LogP contribution in [0.15, 0.2) is 59.2 Å². The Morgan fingerprint density at radius 1 is 0.711 bits per heavy atom. The van der Waals surface area contributed by atoms with E-state index in [1.165, 1.54) is 35.1 Å². The molecule has 0 bridgehead atoms. The van der Waals surface area contributed by atoms with E-state index in [9.17, 15) is 0 Å². The molecule has 0 heterocycles. The number of allylic oxidation sites excluding steroid dienone is 4. The molecule has 2 aromatic rings. The average Bonchev–Trinajstić information content (AvgIpc) is 3.37. The van der Waals surface area contributed by atoms with Crippen LogP contribution in [0.25, 0.3) is 11.1 Å². The molecule has 0 saturated carbocycles. The maximum absolute atomic E-state index is 2.62. The summed E-state index contributed by atoms with van der Waals surface area (Å²) in [5, 5.41) is 0. The quantitative estimate of drug-likeness (QED) is 0.446. The molecule has 0 nitrogen and oxygen atoms in total. The van der Waals surface area contributed by atoms with E-state index in [-0.39, 0.29) is 72.7 Å². The second-order valence-electron chi connectivity index (χ2n) is 15.1. The van der Waals surface area contributed by atoms with Gasteiger partial charge in [0.1, 0.15) is 0 Å². The van der Waals surface area contributed by atoms with E-state index in [2.05, 4.69) is 119 Å². The fourth-order valence-corrected chi connectivity index (χ4v) is 7.09. The minimum absolute atomic E-state index is 0. The van der Waals surface area contributed by atoms with Crippen LogP contribution in [0, 0.1) is 16.7 Å². The largest absolute Gasteiger partial charge is 2.00 e. The van der Waals surface area contributed by atoms with Gasteiger partial charge in [0.25, 0.3) is 0 Å². The van der Waals surface area contributed by atoms with Gasteiger partial charge in [0.05, 0.1) is 0 Å². The van der Waals surface area contributed by atoms with Crippen molar-refractivity contribution in [2.75, 3.05) is 0 Å². The van der Waals surface area contributed by atoms with Crippen molar-refractivity contribution in [3.63, 3.8) is 0 Å². The summed E-state index contributed by atoms with van der Waals surface area (Å²) in [5.41, 5.74) is 14.6. The van der Waals surface area contributed by atoms with Crippen LogP contribution in [0.3, 0.4) is 0 Å². The molecule has 0 saturated heterocycles. The van der Waals surface area contributed by atoms with Crippen LogP contribution in [-0.4, -0.2) is 0 Å². The molecule has 0 amide bonds. The van der Waals surface area contributed by atoms with E-state index in [1.54, 1.807) is 27.8 Å². The van der Waals surface area contributed by atoms with Crippen molar-refractivity contribution in [3.05, 3.63) is 81.4 Å². The average molecular weight is 629 g/mol. The Kier molecular flexibility index (Phi) is 9.42. The predicted molar refractivity (Wildman–Crippen MR) is 152 cm³/mol. The Balaban J connectivity index is 0.00000169. The molecule has 0 N–H and O–H groups in total. The third kappa shape index (κ3) is 5.35. The van der Waals surface area contributed by atoms with E-state index in [1.807, 2.05) is 0 Å². The molecule has 3 aliphatic rings. The normalized spacial score (nSPS) is 22.6. The smallest absolute Gasteiger partial charge is 1.00 e. The zero-order valence-corrected chi connectivity index (χ0v) is 29.3. The summed E-state index contributed by atoms with van der Waals surface area (Å²) < 4.78 is 0. The number of rotatable bonds is 1. The summed E-state index contributed by atoms with van der Waals surface area (Å²) in [6, 6.07) is 14.7. The molecule has 2 aromatic carbocycles. The third-order valence-electron chi connectivity index (χ3n) is 9.33. The van der Waals surface area contributed by atoms with Gasteiger partial charge in [-0.2, -0.15) is 0 Å². The molecule has 3 heteroatoms. The minimum Gasteiger partial charge on any atom is -1.00 e. The monoisotopic (exact) mass is 626 g/mol. The van der Waals surface area contributed by atoms with E-state index >= 15 is 0 Å². The summed E-state index contributed by atoms with van der Waals surface area (Å²) >= 11 is 0. The van der Waals surface area contributed by atoms with Gasteiger partial charge >= 0.3 is 26.2 Å². The molecule has 3 aliphatic carbocycles. The Hall–Kier alpha value is -0.617. The number of hydrogen-bond acceptors (Lipinski definition) is 0. The van der Waals surface area contributed by atoms with Crippen molar-refractivity contribution in [2.24, 2.45) is 16.7 Å². The Morgan fingerprint density at radius 2 is 1.16 bits per heavy atom. The molecular weight excluding hydrogens is 583 g/mol. The van der Waals surface area contributed by atoms with E-state index in [0.717, 1.165) is 0 Å². The van der Waals surface area contributed by atoms with Crippen molar-refractivity contribution in [3.8, 4) is 11.1 Å². The van der Waals surface area contributed by atoms with Gasteiger partial charge in [0, 0.05) is 11.3 Å². The van der Waals surface area contributed by atoms with Gasteiger partial charge in [-0.25, -0.2) is 0 Å². The van der Waals surface area contributed by atoms with E-state index in [4.69, 9.17) is 0 Å². The second kappa shape index (κ2) is 10.7. The number of halogens is 2. The zero-order chi connectivity index (χ0) is 25.7. The SMILES string of the molecule is CC1CC(C)(C2c3cc(C(C)(C)C)ccc3-c3ccc(C(C)(C)C)cc32)C2=C1CC(C(C)(C)C)=C2.[Cl-].[Cl-].[Zr+2]. The van der Waals surface area contributed by atoms with E-state index < -0.39 is 0 Å². The van der Waals surface area contributed by atoms with Gasteiger partial charge in [0.15, 0.2) is 0 Å². The Labute approximate surface area is 264 Å². The molecule has 0 radical (unpaired) electrons. The second-order valence-corrected chi connectivity index (χ2v) is 15.1. The van der Waals surface area contributed by atoms with E-state index in [0.29, 0.717) is 11.8 Å². The van der Waals surface area contributed by atoms with Crippen molar-refractivity contribution in [1.82, 2.24) is 0 Å². The maximum atomic E-state index is 2.62. The fourth-order valence-electron chi connectivity index (χ4n) is 7.09. The first-order valence-electron chi connectivity index (χ1n) is 13.8. The van der Waals surface area contributed by atoms with Gasteiger partial charge in [-0.05, 0) is 74.0 Å². The molecule has 38 heavy (non-hydrogen) atoms. The molecule has 0 aliphatic heterocycles. The standard InChI is InChI=1S/C35H46.2ClH.Zr/c1-21-20-35(11,30-19-24(18-27(21)30)34(8,9)10)31-28-16-22(32(2,3)4)12-14-25(28)26-15-13-23(17-29(26)31)33(5,6)7;;;/h12-17,19,21,31H,18,20H2,1-11H3;2*1H;/q;;;+2/p-2. The van der Waals surface area contributed by atoms with Gasteiger partial charge < -0.3 is 24.8 Å². The van der Waals surface area contributed by atoms with Gasteiger partial charge in [0.2, 0.25) is 0 Å². The van der Waals surface area contributed by atoms with Crippen LogP contribution >= 0.6 is 0 Å². The van der Waals surface area contributed by atoms with Crippen molar-refractivity contribution in [2.45, 2.75) is 106 Å². The summed E-state index contributed by atoms with van der Waals surface area (Å²) in [4.78, 5) is 0.